The minimum absolute atomic E-state index is 0.433. The number of rotatable bonds is 6. The smallest absolute Gasteiger partial charge is 0.161 e. The molecular formula is C14H19N3O2. The Labute approximate surface area is 113 Å². The Balaban J connectivity index is 2.06. The fourth-order valence-corrected chi connectivity index (χ4v) is 1.84. The predicted octanol–water partition coefficient (Wildman–Crippen LogP) is 1.73. The first-order valence-electron chi connectivity index (χ1n) is 6.15. The van der Waals surface area contributed by atoms with Gasteiger partial charge < -0.3 is 14.8 Å². The molecule has 0 amide bonds. The highest BCUT2D eigenvalue weighted by Gasteiger charge is 2.06. The van der Waals surface area contributed by atoms with Crippen molar-refractivity contribution in [1.82, 2.24) is 15.1 Å². The Morgan fingerprint density at radius 1 is 1.26 bits per heavy atom. The summed E-state index contributed by atoms with van der Waals surface area (Å²) in [6, 6.07) is 7.85. The first-order chi connectivity index (χ1) is 9.22. The molecule has 102 valence electrons. The fraction of sp³-hybridized carbons (Fsp3) is 0.357. The van der Waals surface area contributed by atoms with Crippen LogP contribution >= 0.6 is 0 Å². The molecule has 1 aromatic carbocycles. The van der Waals surface area contributed by atoms with Crippen molar-refractivity contribution < 1.29 is 9.47 Å². The molecule has 0 saturated carbocycles. The van der Waals surface area contributed by atoms with Crippen molar-refractivity contribution >= 4 is 0 Å². The van der Waals surface area contributed by atoms with Crippen LogP contribution in [0.1, 0.15) is 11.3 Å². The minimum atomic E-state index is 0.433. The number of aryl methyl sites for hydroxylation is 1. The van der Waals surface area contributed by atoms with Gasteiger partial charge in [-0.05, 0) is 30.8 Å². The summed E-state index contributed by atoms with van der Waals surface area (Å²) in [5.41, 5.74) is 2.05. The summed E-state index contributed by atoms with van der Waals surface area (Å²) in [4.78, 5) is 0. The van der Waals surface area contributed by atoms with Crippen molar-refractivity contribution in [3.05, 3.63) is 41.7 Å². The number of methoxy groups -OCH3 is 1. The molecule has 0 aliphatic carbocycles. The van der Waals surface area contributed by atoms with Crippen molar-refractivity contribution in [3.63, 3.8) is 0 Å². The zero-order valence-electron chi connectivity index (χ0n) is 11.5. The van der Waals surface area contributed by atoms with Gasteiger partial charge in [0.1, 0.15) is 6.61 Å². The number of hydrogen-bond acceptors (Lipinski definition) is 4. The molecule has 19 heavy (non-hydrogen) atoms. The van der Waals surface area contributed by atoms with Crippen LogP contribution in [-0.2, 0) is 20.2 Å². The summed E-state index contributed by atoms with van der Waals surface area (Å²) < 4.78 is 12.8. The summed E-state index contributed by atoms with van der Waals surface area (Å²) in [5, 5.41) is 7.38. The van der Waals surface area contributed by atoms with E-state index in [0.29, 0.717) is 6.61 Å². The second-order valence-electron chi connectivity index (χ2n) is 4.28. The average Bonchev–Trinajstić information content (AvgIpc) is 2.83. The van der Waals surface area contributed by atoms with Crippen LogP contribution in [0.2, 0.25) is 0 Å². The number of nitrogens with one attached hydrogen (secondary N) is 1. The lowest BCUT2D eigenvalue weighted by Gasteiger charge is -2.11. The number of aromatic nitrogens is 2. The van der Waals surface area contributed by atoms with Crippen LogP contribution in [0.3, 0.4) is 0 Å². The van der Waals surface area contributed by atoms with Gasteiger partial charge in [0.05, 0.1) is 12.8 Å². The molecule has 5 heteroatoms. The normalized spacial score (nSPS) is 10.5. The van der Waals surface area contributed by atoms with Crippen molar-refractivity contribution in [2.24, 2.45) is 7.05 Å². The molecule has 1 aromatic heterocycles. The number of hydrogen-bond donors (Lipinski definition) is 1. The lowest BCUT2D eigenvalue weighted by Crippen LogP contribution is -2.05. The Bertz CT molecular complexity index is 537. The van der Waals surface area contributed by atoms with Crippen LogP contribution in [-0.4, -0.2) is 23.9 Å². The van der Waals surface area contributed by atoms with E-state index in [4.69, 9.17) is 9.47 Å². The maximum absolute atomic E-state index is 5.74. The minimum Gasteiger partial charge on any atom is -0.493 e. The van der Waals surface area contributed by atoms with Gasteiger partial charge >= 0.3 is 0 Å². The number of nitrogens with zero attached hydrogens (tertiary/aromatic N) is 2. The quantitative estimate of drug-likeness (QED) is 0.860. The highest BCUT2D eigenvalue weighted by molar-refractivity contribution is 5.43. The molecule has 0 aliphatic heterocycles. The maximum atomic E-state index is 5.74. The number of benzene rings is 1. The average molecular weight is 261 g/mol. The van der Waals surface area contributed by atoms with E-state index in [-0.39, 0.29) is 0 Å². The second-order valence-corrected chi connectivity index (χ2v) is 4.28. The molecular weight excluding hydrogens is 242 g/mol. The van der Waals surface area contributed by atoms with E-state index in [0.717, 1.165) is 29.3 Å². The highest BCUT2D eigenvalue weighted by Crippen LogP contribution is 2.28. The van der Waals surface area contributed by atoms with E-state index in [9.17, 15) is 0 Å². The van der Waals surface area contributed by atoms with Crippen LogP contribution in [0.25, 0.3) is 0 Å². The lowest BCUT2D eigenvalue weighted by molar-refractivity contribution is 0.279. The second kappa shape index (κ2) is 6.24. The van der Waals surface area contributed by atoms with Gasteiger partial charge in [-0.15, -0.1) is 0 Å². The van der Waals surface area contributed by atoms with Gasteiger partial charge in [0.2, 0.25) is 0 Å². The third-order valence-corrected chi connectivity index (χ3v) is 2.75. The molecule has 0 unspecified atom stereocenters. The molecule has 0 saturated heterocycles. The Hall–Kier alpha value is -2.01. The summed E-state index contributed by atoms with van der Waals surface area (Å²) in [5.74, 6) is 1.47. The lowest BCUT2D eigenvalue weighted by atomic mass is 10.2. The molecule has 1 heterocycles. The number of ether oxygens (including phenoxy) is 2. The predicted molar refractivity (Wildman–Crippen MR) is 73.3 cm³/mol. The van der Waals surface area contributed by atoms with Crippen LogP contribution in [0.15, 0.2) is 30.5 Å². The first-order valence-corrected chi connectivity index (χ1v) is 6.15. The third-order valence-electron chi connectivity index (χ3n) is 2.75. The summed E-state index contributed by atoms with van der Waals surface area (Å²) in [7, 11) is 5.45. The van der Waals surface area contributed by atoms with E-state index in [1.165, 1.54) is 0 Å². The molecule has 5 nitrogen and oxygen atoms in total. The largest absolute Gasteiger partial charge is 0.493 e. The Morgan fingerprint density at radius 2 is 2.11 bits per heavy atom. The summed E-state index contributed by atoms with van der Waals surface area (Å²) >= 11 is 0. The molecule has 2 aromatic rings. The monoisotopic (exact) mass is 261 g/mol. The fourth-order valence-electron chi connectivity index (χ4n) is 1.84. The van der Waals surface area contributed by atoms with Gasteiger partial charge in [-0.1, -0.05) is 6.07 Å². The van der Waals surface area contributed by atoms with Crippen molar-refractivity contribution in [3.8, 4) is 11.5 Å². The highest BCUT2D eigenvalue weighted by atomic mass is 16.5. The van der Waals surface area contributed by atoms with Crippen LogP contribution in [0.4, 0.5) is 0 Å². The van der Waals surface area contributed by atoms with Crippen molar-refractivity contribution in [2.75, 3.05) is 14.2 Å². The molecule has 1 N–H and O–H groups in total. The zero-order chi connectivity index (χ0) is 13.7. The molecule has 0 atom stereocenters. The van der Waals surface area contributed by atoms with Gasteiger partial charge in [-0.2, -0.15) is 5.10 Å². The van der Waals surface area contributed by atoms with E-state index >= 15 is 0 Å². The van der Waals surface area contributed by atoms with E-state index in [1.807, 2.05) is 44.6 Å². The van der Waals surface area contributed by atoms with E-state index in [1.54, 1.807) is 11.8 Å². The summed E-state index contributed by atoms with van der Waals surface area (Å²) in [6.45, 7) is 1.24. The molecule has 0 bridgehead atoms. The summed E-state index contributed by atoms with van der Waals surface area (Å²) in [6.07, 6.45) is 1.89. The molecule has 2 rings (SSSR count). The van der Waals surface area contributed by atoms with Gasteiger partial charge in [0.25, 0.3) is 0 Å². The molecule has 0 radical (unpaired) electrons. The maximum Gasteiger partial charge on any atom is 0.161 e. The van der Waals surface area contributed by atoms with Gasteiger partial charge in [-0.3, -0.25) is 4.68 Å². The van der Waals surface area contributed by atoms with Crippen LogP contribution in [0, 0.1) is 0 Å². The first kappa shape index (κ1) is 13.4. The molecule has 0 aliphatic rings. The van der Waals surface area contributed by atoms with Crippen LogP contribution < -0.4 is 14.8 Å². The molecule has 0 fully saturated rings. The van der Waals surface area contributed by atoms with Crippen molar-refractivity contribution in [2.45, 2.75) is 13.2 Å². The standard InChI is InChI=1S/C14H19N3O2/c1-15-9-11-4-5-13(14(8-11)18-3)19-10-12-6-7-17(2)16-12/h4-8,15H,9-10H2,1-3H3. The zero-order valence-corrected chi connectivity index (χ0v) is 11.5. The Morgan fingerprint density at radius 3 is 2.74 bits per heavy atom. The van der Waals surface area contributed by atoms with Gasteiger partial charge in [0.15, 0.2) is 11.5 Å². The Kier molecular flexibility index (Phi) is 4.41. The van der Waals surface area contributed by atoms with Crippen LogP contribution in [0.5, 0.6) is 11.5 Å². The van der Waals surface area contributed by atoms with Gasteiger partial charge in [0, 0.05) is 19.8 Å². The topological polar surface area (TPSA) is 48.3 Å². The van der Waals surface area contributed by atoms with E-state index in [2.05, 4.69) is 10.4 Å². The SMILES string of the molecule is CNCc1ccc(OCc2ccn(C)n2)c(OC)c1. The van der Waals surface area contributed by atoms with Crippen molar-refractivity contribution in [1.29, 1.82) is 0 Å². The molecule has 0 spiro atoms. The third kappa shape index (κ3) is 3.48. The van der Waals surface area contributed by atoms with Gasteiger partial charge in [-0.25, -0.2) is 0 Å². The van der Waals surface area contributed by atoms with E-state index < -0.39 is 0 Å².